The number of aromatic amines is 1. The molecule has 1 aliphatic heterocycles. The van der Waals surface area contributed by atoms with Gasteiger partial charge in [0, 0.05) is 24.1 Å². The Balaban J connectivity index is 1.85. The van der Waals surface area contributed by atoms with E-state index in [1.54, 1.807) is 13.0 Å². The fourth-order valence-electron chi connectivity index (χ4n) is 11.3. The molecule has 76 heavy (non-hydrogen) atoms. The van der Waals surface area contributed by atoms with Crippen molar-refractivity contribution in [1.29, 1.82) is 0 Å². The van der Waals surface area contributed by atoms with E-state index in [1.807, 2.05) is 27.7 Å². The Kier molecular flexibility index (Phi) is 24.6. The van der Waals surface area contributed by atoms with Gasteiger partial charge in [-0.3, -0.25) is 19.2 Å². The van der Waals surface area contributed by atoms with Gasteiger partial charge in [0.25, 0.3) is 0 Å². The lowest BCUT2D eigenvalue weighted by atomic mass is 9.70. The highest BCUT2D eigenvalue weighted by Gasteiger charge is 2.43. The van der Waals surface area contributed by atoms with Gasteiger partial charge in [0.1, 0.15) is 40.2 Å². The molecule has 1 aromatic heterocycles. The van der Waals surface area contributed by atoms with Crippen molar-refractivity contribution >= 4 is 71.2 Å². The molecule has 2 aliphatic carbocycles. The number of amidine groups is 1. The van der Waals surface area contributed by atoms with Crippen LogP contribution in [0, 0.1) is 53.3 Å². The SMILES string of the molecule is C=C(C)C(=O)OCCCCC(=O)NC1=NC(=Cc2[nH]c(NC(=O)CCCCSC(CC(=O)O)C(=O)O)c(C(=O)OC3C(C(C)C)CCCC3C(C)C)c2C(C)C)C(C(C)C)=C1C(=O)OC1C(C(C)C)CCCC1C(C)C. The van der Waals surface area contributed by atoms with Gasteiger partial charge >= 0.3 is 29.8 Å². The van der Waals surface area contributed by atoms with Crippen LogP contribution in [0.3, 0.4) is 0 Å². The maximum atomic E-state index is 15.1. The summed E-state index contributed by atoms with van der Waals surface area (Å²) >= 11 is 1.02. The number of rotatable bonds is 27. The Bertz CT molecular complexity index is 2310. The molecular formula is C59H90N4O12S. The minimum Gasteiger partial charge on any atom is -0.481 e. The second-order valence-electron chi connectivity index (χ2n) is 23.2. The first kappa shape index (κ1) is 63.3. The predicted molar refractivity (Wildman–Crippen MR) is 299 cm³/mol. The molecule has 4 rings (SSSR count). The molecule has 3 aliphatic rings. The fourth-order valence-corrected chi connectivity index (χ4v) is 12.3. The van der Waals surface area contributed by atoms with E-state index in [2.05, 4.69) is 77.6 Å². The maximum absolute atomic E-state index is 15.1. The van der Waals surface area contributed by atoms with Crippen molar-refractivity contribution in [3.8, 4) is 0 Å². The number of H-pyrrole nitrogens is 1. The number of anilines is 1. The van der Waals surface area contributed by atoms with Crippen molar-refractivity contribution in [2.75, 3.05) is 17.7 Å². The molecule has 17 heteroatoms. The molecule has 5 unspecified atom stereocenters. The number of aromatic nitrogens is 1. The van der Waals surface area contributed by atoms with Gasteiger partial charge in [-0.25, -0.2) is 19.4 Å². The van der Waals surface area contributed by atoms with Crippen molar-refractivity contribution < 1.29 is 58.0 Å². The lowest BCUT2D eigenvalue weighted by molar-refractivity contribution is -0.155. The third-order valence-corrected chi connectivity index (χ3v) is 16.6. The minimum atomic E-state index is -1.21. The monoisotopic (exact) mass is 1080 g/mol. The highest BCUT2D eigenvalue weighted by Crippen LogP contribution is 2.44. The molecule has 2 amide bonds. The molecular weight excluding hydrogens is 989 g/mol. The number of carboxylic acids is 2. The number of thioether (sulfide) groups is 1. The van der Waals surface area contributed by atoms with Crippen LogP contribution in [0.1, 0.15) is 201 Å². The Hall–Kier alpha value is -5.19. The largest absolute Gasteiger partial charge is 0.481 e. The van der Waals surface area contributed by atoms with Crippen LogP contribution in [0.2, 0.25) is 0 Å². The molecule has 1 aromatic rings. The highest BCUT2D eigenvalue weighted by atomic mass is 32.2. The molecule has 2 saturated carbocycles. The van der Waals surface area contributed by atoms with Crippen LogP contribution >= 0.6 is 11.8 Å². The molecule has 5 N–H and O–H groups in total. The van der Waals surface area contributed by atoms with Crippen LogP contribution < -0.4 is 10.6 Å². The number of carboxylic acid groups (broad SMARTS) is 2. The van der Waals surface area contributed by atoms with E-state index in [4.69, 9.17) is 24.3 Å². The Morgan fingerprint density at radius 2 is 1.21 bits per heavy atom. The van der Waals surface area contributed by atoms with Crippen LogP contribution in [0.25, 0.3) is 6.08 Å². The lowest BCUT2D eigenvalue weighted by Gasteiger charge is -2.41. The maximum Gasteiger partial charge on any atom is 0.342 e. The molecule has 0 aromatic carbocycles. The first-order chi connectivity index (χ1) is 35.7. The average molecular weight is 1080 g/mol. The van der Waals surface area contributed by atoms with Crippen molar-refractivity contribution in [2.24, 2.45) is 58.3 Å². The zero-order valence-corrected chi connectivity index (χ0v) is 48.5. The van der Waals surface area contributed by atoms with Crippen LogP contribution in [-0.4, -0.2) is 92.5 Å². The van der Waals surface area contributed by atoms with Crippen LogP contribution in [0.4, 0.5) is 5.82 Å². The number of nitrogens with one attached hydrogen (secondary N) is 3. The number of aliphatic carboxylic acids is 2. The van der Waals surface area contributed by atoms with Crippen molar-refractivity contribution in [3.05, 3.63) is 45.8 Å². The molecule has 2 fully saturated rings. The van der Waals surface area contributed by atoms with E-state index in [1.165, 1.54) is 0 Å². The van der Waals surface area contributed by atoms with E-state index < -0.39 is 53.3 Å². The van der Waals surface area contributed by atoms with E-state index in [9.17, 15) is 29.1 Å². The minimum absolute atomic E-state index is 0.0284. The first-order valence-electron chi connectivity index (χ1n) is 28.0. The van der Waals surface area contributed by atoms with Gasteiger partial charge in [-0.05, 0) is 140 Å². The van der Waals surface area contributed by atoms with Crippen molar-refractivity contribution in [2.45, 2.75) is 197 Å². The first-order valence-corrected chi connectivity index (χ1v) is 29.0. The third kappa shape index (κ3) is 17.4. The Morgan fingerprint density at radius 3 is 1.67 bits per heavy atom. The Morgan fingerprint density at radius 1 is 0.711 bits per heavy atom. The van der Waals surface area contributed by atoms with Gasteiger partial charge in [0.15, 0.2) is 0 Å². The summed E-state index contributed by atoms with van der Waals surface area (Å²) in [4.78, 5) is 101. The van der Waals surface area contributed by atoms with E-state index in [0.29, 0.717) is 54.0 Å². The number of esters is 3. The standard InChI is InChI=1S/C59H90N4O12S/c1-31(2)38-21-19-22-39(32(3)4)52(38)74-58(71)50-48(35(9)10)42(60-54(50)62-45(64)25-15-17-27-73-57(70)37(13)14)29-43-49(36(11)12)51(59(72)75-53-40(33(5)6)23-20-24-41(53)34(7)8)55(61-43)63-46(65)26-16-18-28-76-44(56(68)69)30-47(66)67/h29,31-36,38-41,44,52-53,61H,13,15-28,30H2,1-12,14H3,(H,63,65)(H,66,67)(H,68,69)(H,60,62,64). The molecule has 424 valence electrons. The van der Waals surface area contributed by atoms with E-state index in [-0.39, 0.29) is 119 Å². The summed E-state index contributed by atoms with van der Waals surface area (Å²) in [5.74, 6) is -3.47. The summed E-state index contributed by atoms with van der Waals surface area (Å²) in [6.07, 6.45) is 7.96. The molecule has 16 nitrogen and oxygen atoms in total. The smallest absolute Gasteiger partial charge is 0.342 e. The summed E-state index contributed by atoms with van der Waals surface area (Å²) in [5.41, 5.74) is 2.53. The number of ether oxygens (including phenoxy) is 3. The van der Waals surface area contributed by atoms with Crippen molar-refractivity contribution in [3.63, 3.8) is 0 Å². The number of aliphatic imine (C=N–C) groups is 1. The molecule has 0 spiro atoms. The fraction of sp³-hybridized carbons (Fsp3) is 0.695. The molecule has 0 radical (unpaired) electrons. The topological polar surface area (TPSA) is 240 Å². The molecule has 5 atom stereocenters. The second-order valence-corrected chi connectivity index (χ2v) is 24.6. The quantitative estimate of drug-likeness (QED) is 0.0239. The summed E-state index contributed by atoms with van der Waals surface area (Å²) < 4.78 is 18.6. The van der Waals surface area contributed by atoms with Crippen molar-refractivity contribution in [1.82, 2.24) is 10.3 Å². The average Bonchev–Trinajstić information content (AvgIpc) is 3.87. The number of hydrogen-bond acceptors (Lipinski definition) is 12. The normalized spacial score (nSPS) is 21.9. The van der Waals surface area contributed by atoms with Gasteiger partial charge in [0.2, 0.25) is 11.8 Å². The number of carbonyl (C=O) groups is 7. The Labute approximate surface area is 456 Å². The number of amides is 2. The van der Waals surface area contributed by atoms with Gasteiger partial charge in [-0.2, -0.15) is 0 Å². The number of allylic oxidation sites excluding steroid dienone is 1. The van der Waals surface area contributed by atoms with Crippen LogP contribution in [0.15, 0.2) is 34.0 Å². The summed E-state index contributed by atoms with van der Waals surface area (Å²) in [6.45, 7) is 30.3. The van der Waals surface area contributed by atoms with Gasteiger partial charge in [0.05, 0.1) is 18.7 Å². The van der Waals surface area contributed by atoms with Gasteiger partial charge in [-0.15, -0.1) is 11.8 Å². The third-order valence-electron chi connectivity index (χ3n) is 15.3. The number of nitrogens with zero attached hydrogens (tertiary/aromatic N) is 1. The summed E-state index contributed by atoms with van der Waals surface area (Å²) in [7, 11) is 0. The number of carbonyl (C=O) groups excluding carboxylic acids is 5. The van der Waals surface area contributed by atoms with Crippen LogP contribution in [0.5, 0.6) is 0 Å². The van der Waals surface area contributed by atoms with Gasteiger partial charge in [-0.1, -0.05) is 103 Å². The molecule has 0 saturated heterocycles. The lowest BCUT2D eigenvalue weighted by Crippen LogP contribution is -2.43. The summed E-state index contributed by atoms with van der Waals surface area (Å²) in [6, 6.07) is 0. The van der Waals surface area contributed by atoms with Crippen LogP contribution in [-0.2, 0) is 43.0 Å². The number of hydrogen-bond donors (Lipinski definition) is 5. The second kappa shape index (κ2) is 29.5. The highest BCUT2D eigenvalue weighted by molar-refractivity contribution is 8.00. The zero-order valence-electron chi connectivity index (χ0n) is 47.7. The summed E-state index contributed by atoms with van der Waals surface area (Å²) in [5, 5.41) is 23.5. The number of unbranched alkanes of at least 4 members (excludes halogenated alkanes) is 2. The predicted octanol–water partition coefficient (Wildman–Crippen LogP) is 11.9. The molecule has 2 heterocycles. The molecule has 0 bridgehead atoms. The van der Waals surface area contributed by atoms with E-state index >= 15 is 9.59 Å². The van der Waals surface area contributed by atoms with E-state index in [0.717, 1.165) is 50.3 Å². The van der Waals surface area contributed by atoms with Gasteiger partial charge < -0.3 is 40.0 Å². The zero-order chi connectivity index (χ0) is 56.7.